The van der Waals surface area contributed by atoms with E-state index in [0.29, 0.717) is 30.0 Å². The predicted octanol–water partition coefficient (Wildman–Crippen LogP) is 4.04. The molecule has 1 amide bonds. The molecule has 0 spiro atoms. The van der Waals surface area contributed by atoms with Crippen molar-refractivity contribution in [2.75, 3.05) is 19.7 Å². The van der Waals surface area contributed by atoms with E-state index in [-0.39, 0.29) is 24.9 Å². The topological polar surface area (TPSA) is 69.0 Å². The largest absolute Gasteiger partial charge is 0.489 e. The average molecular weight is 381 g/mol. The molecule has 0 radical (unpaired) electrons. The first kappa shape index (κ1) is 19.5. The number of likely N-dealkylation sites (N-methyl/N-ethyl adjacent to an activating group) is 1. The molecule has 6 nitrogen and oxygen atoms in total. The molecule has 2 aromatic carbocycles. The zero-order chi connectivity index (χ0) is 19.9. The lowest BCUT2D eigenvalue weighted by Crippen LogP contribution is -2.34. The van der Waals surface area contributed by atoms with Crippen molar-refractivity contribution < 1.29 is 23.5 Å². The summed E-state index contributed by atoms with van der Waals surface area (Å²) in [5, 5.41) is 0.778. The average Bonchev–Trinajstić information content (AvgIpc) is 3.11. The van der Waals surface area contributed by atoms with E-state index in [2.05, 4.69) is 0 Å². The number of esters is 1. The third-order valence-corrected chi connectivity index (χ3v) is 4.45. The van der Waals surface area contributed by atoms with Gasteiger partial charge in [0.1, 0.15) is 17.9 Å². The van der Waals surface area contributed by atoms with E-state index in [1.165, 1.54) is 0 Å². The van der Waals surface area contributed by atoms with E-state index in [1.807, 2.05) is 62.4 Å². The Balaban J connectivity index is 1.79. The lowest BCUT2D eigenvalue weighted by Gasteiger charge is -2.18. The van der Waals surface area contributed by atoms with Crippen LogP contribution in [0, 0.1) is 0 Å². The van der Waals surface area contributed by atoms with Crippen LogP contribution in [0.2, 0.25) is 0 Å². The molecule has 0 N–H and O–H groups in total. The van der Waals surface area contributed by atoms with Crippen LogP contribution in [-0.4, -0.2) is 36.5 Å². The fourth-order valence-electron chi connectivity index (χ4n) is 2.94. The first-order chi connectivity index (χ1) is 13.6. The SMILES string of the molecule is CCN(CC)C(=O)COC(=O)c1oc2ccccc2c1COc1ccccc1. The maximum Gasteiger partial charge on any atom is 0.375 e. The lowest BCUT2D eigenvalue weighted by molar-refractivity contribution is -0.134. The van der Waals surface area contributed by atoms with Crippen LogP contribution < -0.4 is 4.74 Å². The van der Waals surface area contributed by atoms with Crippen LogP contribution in [0.15, 0.2) is 59.0 Å². The maximum absolute atomic E-state index is 12.6. The maximum atomic E-state index is 12.6. The van der Waals surface area contributed by atoms with Crippen molar-refractivity contribution in [1.82, 2.24) is 4.90 Å². The summed E-state index contributed by atoms with van der Waals surface area (Å²) in [6.07, 6.45) is 0. The standard InChI is InChI=1S/C22H23NO5/c1-3-23(4-2)20(24)15-27-22(25)21-18(14-26-16-10-6-5-7-11-16)17-12-8-9-13-19(17)28-21/h5-13H,3-4,14-15H2,1-2H3. The number of hydrogen-bond acceptors (Lipinski definition) is 5. The normalized spacial score (nSPS) is 10.6. The van der Waals surface area contributed by atoms with Crippen LogP contribution in [0.5, 0.6) is 5.75 Å². The number of carbonyl (C=O) groups is 2. The molecule has 146 valence electrons. The van der Waals surface area contributed by atoms with Gasteiger partial charge < -0.3 is 18.8 Å². The van der Waals surface area contributed by atoms with E-state index >= 15 is 0 Å². The van der Waals surface area contributed by atoms with Gasteiger partial charge in [-0.1, -0.05) is 36.4 Å². The van der Waals surface area contributed by atoms with Crippen LogP contribution in [0.4, 0.5) is 0 Å². The molecular weight excluding hydrogens is 358 g/mol. The van der Waals surface area contributed by atoms with Gasteiger partial charge >= 0.3 is 5.97 Å². The van der Waals surface area contributed by atoms with Crippen LogP contribution >= 0.6 is 0 Å². The van der Waals surface area contributed by atoms with Crippen LogP contribution in [-0.2, 0) is 16.1 Å². The quantitative estimate of drug-likeness (QED) is 0.551. The zero-order valence-electron chi connectivity index (χ0n) is 16.0. The highest BCUT2D eigenvalue weighted by molar-refractivity contribution is 5.96. The molecule has 0 aliphatic rings. The predicted molar refractivity (Wildman–Crippen MR) is 105 cm³/mol. The molecule has 0 saturated carbocycles. The van der Waals surface area contributed by atoms with Gasteiger partial charge in [-0.2, -0.15) is 0 Å². The molecule has 1 heterocycles. The van der Waals surface area contributed by atoms with Crippen molar-refractivity contribution in [1.29, 1.82) is 0 Å². The van der Waals surface area contributed by atoms with E-state index < -0.39 is 5.97 Å². The Morgan fingerprint density at radius 3 is 2.36 bits per heavy atom. The second kappa shape index (κ2) is 9.08. The number of fused-ring (bicyclic) bond motifs is 1. The Bertz CT molecular complexity index is 944. The molecule has 3 rings (SSSR count). The molecule has 0 bridgehead atoms. The van der Waals surface area contributed by atoms with Gasteiger partial charge in [0.25, 0.3) is 5.91 Å². The highest BCUT2D eigenvalue weighted by Crippen LogP contribution is 2.28. The Morgan fingerprint density at radius 1 is 0.964 bits per heavy atom. The number of carbonyl (C=O) groups excluding carboxylic acids is 2. The molecule has 0 unspecified atom stereocenters. The van der Waals surface area contributed by atoms with E-state index in [9.17, 15) is 9.59 Å². The number of ether oxygens (including phenoxy) is 2. The summed E-state index contributed by atoms with van der Waals surface area (Å²) in [7, 11) is 0. The third kappa shape index (κ3) is 4.34. The van der Waals surface area contributed by atoms with Crippen LogP contribution in [0.1, 0.15) is 30.0 Å². The van der Waals surface area contributed by atoms with Crippen LogP contribution in [0.25, 0.3) is 11.0 Å². The highest BCUT2D eigenvalue weighted by atomic mass is 16.5. The zero-order valence-corrected chi connectivity index (χ0v) is 16.0. The Hall–Kier alpha value is -3.28. The van der Waals surface area contributed by atoms with Gasteiger partial charge in [0.2, 0.25) is 5.76 Å². The molecule has 0 aliphatic carbocycles. The second-order valence-electron chi connectivity index (χ2n) is 6.15. The molecule has 28 heavy (non-hydrogen) atoms. The summed E-state index contributed by atoms with van der Waals surface area (Å²) < 4.78 is 16.7. The number of furan rings is 1. The number of para-hydroxylation sites is 2. The van der Waals surface area contributed by atoms with E-state index in [0.717, 1.165) is 5.39 Å². The fourth-order valence-corrected chi connectivity index (χ4v) is 2.94. The van der Waals surface area contributed by atoms with Gasteiger partial charge in [0.15, 0.2) is 6.61 Å². The van der Waals surface area contributed by atoms with E-state index in [1.54, 1.807) is 11.0 Å². The van der Waals surface area contributed by atoms with E-state index in [4.69, 9.17) is 13.9 Å². The molecule has 0 fully saturated rings. The molecule has 3 aromatic rings. The Labute approximate surface area is 163 Å². The van der Waals surface area contributed by atoms with Gasteiger partial charge in [-0.05, 0) is 32.0 Å². The lowest BCUT2D eigenvalue weighted by atomic mass is 10.1. The monoisotopic (exact) mass is 381 g/mol. The minimum atomic E-state index is -0.677. The van der Waals surface area contributed by atoms with Crippen molar-refractivity contribution in [3.63, 3.8) is 0 Å². The molecule has 0 saturated heterocycles. The number of rotatable bonds is 8. The number of benzene rings is 2. The summed E-state index contributed by atoms with van der Waals surface area (Å²) in [4.78, 5) is 26.3. The van der Waals surface area contributed by atoms with Crippen LogP contribution in [0.3, 0.4) is 0 Å². The number of amides is 1. The van der Waals surface area contributed by atoms with Crippen molar-refractivity contribution in [3.8, 4) is 5.75 Å². The molecule has 1 aromatic heterocycles. The first-order valence-corrected chi connectivity index (χ1v) is 9.27. The number of nitrogens with zero attached hydrogens (tertiary/aromatic N) is 1. The van der Waals surface area contributed by atoms with Gasteiger partial charge in [0, 0.05) is 18.5 Å². The highest BCUT2D eigenvalue weighted by Gasteiger charge is 2.23. The van der Waals surface area contributed by atoms with Crippen molar-refractivity contribution >= 4 is 22.8 Å². The van der Waals surface area contributed by atoms with Crippen molar-refractivity contribution in [3.05, 3.63) is 65.9 Å². The first-order valence-electron chi connectivity index (χ1n) is 9.27. The smallest absolute Gasteiger partial charge is 0.375 e. The van der Waals surface area contributed by atoms with Gasteiger partial charge in [-0.3, -0.25) is 4.79 Å². The van der Waals surface area contributed by atoms with Gasteiger partial charge in [-0.25, -0.2) is 4.79 Å². The summed E-state index contributed by atoms with van der Waals surface area (Å²) in [5.41, 5.74) is 1.16. The van der Waals surface area contributed by atoms with Crippen molar-refractivity contribution in [2.45, 2.75) is 20.5 Å². The molecule has 6 heteroatoms. The summed E-state index contributed by atoms with van der Waals surface area (Å²) >= 11 is 0. The molecule has 0 aliphatic heterocycles. The minimum absolute atomic E-state index is 0.0597. The van der Waals surface area contributed by atoms with Crippen molar-refractivity contribution in [2.24, 2.45) is 0 Å². The summed E-state index contributed by atoms with van der Waals surface area (Å²) in [5.74, 6) is -0.173. The van der Waals surface area contributed by atoms with Gasteiger partial charge in [-0.15, -0.1) is 0 Å². The fraction of sp³-hybridized carbons (Fsp3) is 0.273. The Kier molecular flexibility index (Phi) is 6.32. The second-order valence-corrected chi connectivity index (χ2v) is 6.15. The third-order valence-electron chi connectivity index (χ3n) is 4.45. The summed E-state index contributed by atoms with van der Waals surface area (Å²) in [6, 6.07) is 16.6. The Morgan fingerprint density at radius 2 is 1.64 bits per heavy atom. The summed E-state index contributed by atoms with van der Waals surface area (Å²) in [6.45, 7) is 4.70. The molecule has 0 atom stereocenters. The minimum Gasteiger partial charge on any atom is -0.489 e. The molecular formula is C22H23NO5. The van der Waals surface area contributed by atoms with Gasteiger partial charge in [0.05, 0.1) is 5.56 Å². The number of hydrogen-bond donors (Lipinski definition) is 0.